The molecule has 1 N–H and O–H groups in total. The summed E-state index contributed by atoms with van der Waals surface area (Å²) in [5, 5.41) is 9.13. The molecule has 0 amide bonds. The van der Waals surface area contributed by atoms with Gasteiger partial charge in [-0.25, -0.2) is 9.78 Å². The monoisotopic (exact) mass is 290 g/mol. The molecule has 0 unspecified atom stereocenters. The van der Waals surface area contributed by atoms with Crippen LogP contribution in [0.3, 0.4) is 0 Å². The molecule has 5 heteroatoms. The maximum Gasteiger partial charge on any atom is 0.335 e. The standard InChI is InChI=1S/C16H22N2O3/c1-3-15-17-13-8-7-12(16(19)20)11-14(13)18(15)9-5-4-6-10-21-2/h7-8,11H,3-6,9-10H2,1-2H3,(H,19,20). The molecule has 0 aliphatic heterocycles. The van der Waals surface area contributed by atoms with Crippen molar-refractivity contribution in [3.05, 3.63) is 29.6 Å². The third-order valence-corrected chi connectivity index (χ3v) is 3.62. The first-order valence-corrected chi connectivity index (χ1v) is 7.38. The molecule has 0 bridgehead atoms. The van der Waals surface area contributed by atoms with E-state index < -0.39 is 5.97 Å². The zero-order valence-electron chi connectivity index (χ0n) is 12.6. The number of hydrogen-bond donors (Lipinski definition) is 1. The van der Waals surface area contributed by atoms with Crippen molar-refractivity contribution in [3.63, 3.8) is 0 Å². The lowest BCUT2D eigenvalue weighted by atomic mass is 10.2. The molecule has 0 aliphatic rings. The summed E-state index contributed by atoms with van der Waals surface area (Å²) in [5.41, 5.74) is 2.10. The van der Waals surface area contributed by atoms with Crippen molar-refractivity contribution < 1.29 is 14.6 Å². The molecular formula is C16H22N2O3. The number of nitrogens with zero attached hydrogens (tertiary/aromatic N) is 2. The van der Waals surface area contributed by atoms with E-state index in [2.05, 4.69) is 16.5 Å². The molecule has 2 rings (SSSR count). The second kappa shape index (κ2) is 7.22. The normalized spacial score (nSPS) is 11.1. The Labute approximate surface area is 124 Å². The molecule has 21 heavy (non-hydrogen) atoms. The predicted molar refractivity (Wildman–Crippen MR) is 81.8 cm³/mol. The highest BCUT2D eigenvalue weighted by Crippen LogP contribution is 2.20. The number of unbranched alkanes of at least 4 members (excludes halogenated alkanes) is 2. The number of carboxylic acids is 1. The van der Waals surface area contributed by atoms with Gasteiger partial charge in [0, 0.05) is 26.7 Å². The molecule has 114 valence electrons. The predicted octanol–water partition coefficient (Wildman–Crippen LogP) is 3.11. The van der Waals surface area contributed by atoms with Crippen LogP contribution in [0.4, 0.5) is 0 Å². The molecule has 0 radical (unpaired) electrons. The third-order valence-electron chi connectivity index (χ3n) is 3.62. The first-order valence-electron chi connectivity index (χ1n) is 7.38. The molecule has 0 fully saturated rings. The lowest BCUT2D eigenvalue weighted by molar-refractivity contribution is 0.0697. The SMILES string of the molecule is CCc1nc2ccc(C(=O)O)cc2n1CCCCCOC. The molecule has 5 nitrogen and oxygen atoms in total. The number of hydrogen-bond acceptors (Lipinski definition) is 3. The minimum Gasteiger partial charge on any atom is -0.478 e. The lowest BCUT2D eigenvalue weighted by Gasteiger charge is -2.08. The first-order chi connectivity index (χ1) is 10.2. The fraction of sp³-hybridized carbons (Fsp3) is 0.500. The number of carboxylic acid groups (broad SMARTS) is 1. The number of benzene rings is 1. The summed E-state index contributed by atoms with van der Waals surface area (Å²) in [4.78, 5) is 15.7. The molecule has 2 aromatic rings. The van der Waals surface area contributed by atoms with Gasteiger partial charge in [-0.3, -0.25) is 0 Å². The van der Waals surface area contributed by atoms with Gasteiger partial charge in [-0.2, -0.15) is 0 Å². The van der Waals surface area contributed by atoms with Gasteiger partial charge in [0.05, 0.1) is 16.6 Å². The Kier molecular flexibility index (Phi) is 5.33. The number of aromatic carboxylic acids is 1. The van der Waals surface area contributed by atoms with E-state index in [1.165, 1.54) is 0 Å². The summed E-state index contributed by atoms with van der Waals surface area (Å²) in [5.74, 6) is 0.113. The quantitative estimate of drug-likeness (QED) is 0.759. The van der Waals surface area contributed by atoms with Crippen molar-refractivity contribution in [3.8, 4) is 0 Å². The lowest BCUT2D eigenvalue weighted by Crippen LogP contribution is -2.04. The van der Waals surface area contributed by atoms with Gasteiger partial charge in [-0.15, -0.1) is 0 Å². The maximum atomic E-state index is 11.1. The first kappa shape index (κ1) is 15.5. The number of carbonyl (C=O) groups is 1. The van der Waals surface area contributed by atoms with Gasteiger partial charge < -0.3 is 14.4 Å². The summed E-state index contributed by atoms with van der Waals surface area (Å²) in [6, 6.07) is 5.12. The summed E-state index contributed by atoms with van der Waals surface area (Å²) >= 11 is 0. The van der Waals surface area contributed by atoms with Crippen molar-refractivity contribution in [1.29, 1.82) is 0 Å². The Morgan fingerprint density at radius 3 is 2.81 bits per heavy atom. The average Bonchev–Trinajstić information content (AvgIpc) is 2.84. The largest absolute Gasteiger partial charge is 0.478 e. The highest BCUT2D eigenvalue weighted by atomic mass is 16.5. The van der Waals surface area contributed by atoms with Gasteiger partial charge in [0.2, 0.25) is 0 Å². The van der Waals surface area contributed by atoms with Gasteiger partial charge in [0.15, 0.2) is 0 Å². The fourth-order valence-electron chi connectivity index (χ4n) is 2.52. The van der Waals surface area contributed by atoms with Crippen molar-refractivity contribution >= 4 is 17.0 Å². The van der Waals surface area contributed by atoms with Crippen LogP contribution in [0, 0.1) is 0 Å². The number of imidazole rings is 1. The van der Waals surface area contributed by atoms with Crippen LogP contribution in [-0.2, 0) is 17.7 Å². The van der Waals surface area contributed by atoms with E-state index in [9.17, 15) is 4.79 Å². The number of aromatic nitrogens is 2. The van der Waals surface area contributed by atoms with Crippen LogP contribution < -0.4 is 0 Å². The van der Waals surface area contributed by atoms with Crippen LogP contribution in [0.5, 0.6) is 0 Å². The molecular weight excluding hydrogens is 268 g/mol. The summed E-state index contributed by atoms with van der Waals surface area (Å²) < 4.78 is 7.20. The molecule has 0 aliphatic carbocycles. The second-order valence-corrected chi connectivity index (χ2v) is 5.10. The van der Waals surface area contributed by atoms with E-state index in [4.69, 9.17) is 9.84 Å². The fourth-order valence-corrected chi connectivity index (χ4v) is 2.52. The van der Waals surface area contributed by atoms with Crippen LogP contribution >= 0.6 is 0 Å². The summed E-state index contributed by atoms with van der Waals surface area (Å²) in [7, 11) is 1.71. The molecule has 0 atom stereocenters. The van der Waals surface area contributed by atoms with Crippen LogP contribution in [0.2, 0.25) is 0 Å². The number of aryl methyl sites for hydroxylation is 2. The maximum absolute atomic E-state index is 11.1. The summed E-state index contributed by atoms with van der Waals surface area (Å²) in [6.07, 6.45) is 4.02. The van der Waals surface area contributed by atoms with Gasteiger partial charge in [-0.05, 0) is 37.5 Å². The Balaban J connectivity index is 2.22. The Hall–Kier alpha value is -1.88. The topological polar surface area (TPSA) is 64.3 Å². The Morgan fingerprint density at radius 1 is 1.33 bits per heavy atom. The van der Waals surface area contributed by atoms with Gasteiger partial charge >= 0.3 is 5.97 Å². The van der Waals surface area contributed by atoms with Crippen molar-refractivity contribution in [2.75, 3.05) is 13.7 Å². The zero-order valence-corrected chi connectivity index (χ0v) is 12.6. The van der Waals surface area contributed by atoms with E-state index in [0.29, 0.717) is 5.56 Å². The molecule has 1 heterocycles. The van der Waals surface area contributed by atoms with E-state index in [1.807, 2.05) is 0 Å². The number of ether oxygens (including phenoxy) is 1. The highest BCUT2D eigenvalue weighted by Gasteiger charge is 2.12. The van der Waals surface area contributed by atoms with Crippen molar-refractivity contribution in [2.45, 2.75) is 39.2 Å². The van der Waals surface area contributed by atoms with E-state index in [0.717, 1.165) is 55.7 Å². The third kappa shape index (κ3) is 3.61. The number of methoxy groups -OCH3 is 1. The Bertz CT molecular complexity index is 619. The van der Waals surface area contributed by atoms with Gasteiger partial charge in [0.1, 0.15) is 5.82 Å². The smallest absolute Gasteiger partial charge is 0.335 e. The van der Waals surface area contributed by atoms with E-state index >= 15 is 0 Å². The molecule has 1 aromatic carbocycles. The second-order valence-electron chi connectivity index (χ2n) is 5.10. The van der Waals surface area contributed by atoms with Crippen LogP contribution in [0.15, 0.2) is 18.2 Å². The van der Waals surface area contributed by atoms with E-state index in [1.54, 1.807) is 25.3 Å². The molecule has 0 saturated carbocycles. The molecule has 1 aromatic heterocycles. The van der Waals surface area contributed by atoms with Crippen LogP contribution in [0.1, 0.15) is 42.4 Å². The van der Waals surface area contributed by atoms with Crippen LogP contribution in [0.25, 0.3) is 11.0 Å². The molecule has 0 saturated heterocycles. The van der Waals surface area contributed by atoms with Crippen molar-refractivity contribution in [1.82, 2.24) is 9.55 Å². The molecule has 0 spiro atoms. The number of rotatable bonds is 8. The van der Waals surface area contributed by atoms with Gasteiger partial charge in [0.25, 0.3) is 0 Å². The highest BCUT2D eigenvalue weighted by molar-refractivity contribution is 5.92. The minimum atomic E-state index is -0.900. The van der Waals surface area contributed by atoms with Gasteiger partial charge in [-0.1, -0.05) is 6.92 Å². The Morgan fingerprint density at radius 2 is 2.14 bits per heavy atom. The zero-order chi connectivity index (χ0) is 15.2. The van der Waals surface area contributed by atoms with Crippen LogP contribution in [-0.4, -0.2) is 34.3 Å². The summed E-state index contributed by atoms with van der Waals surface area (Å²) in [6.45, 7) is 3.72. The van der Waals surface area contributed by atoms with E-state index in [-0.39, 0.29) is 0 Å². The minimum absolute atomic E-state index is 0.311. The number of fused-ring (bicyclic) bond motifs is 1. The van der Waals surface area contributed by atoms with Crippen molar-refractivity contribution in [2.24, 2.45) is 0 Å². The average molecular weight is 290 g/mol.